The van der Waals surface area contributed by atoms with Crippen molar-refractivity contribution >= 4 is 45.7 Å². The van der Waals surface area contributed by atoms with Gasteiger partial charge in [0.2, 0.25) is 17.8 Å². The van der Waals surface area contributed by atoms with Crippen LogP contribution in [0.25, 0.3) is 0 Å². The van der Waals surface area contributed by atoms with Crippen LogP contribution in [-0.4, -0.2) is 47.5 Å². The summed E-state index contributed by atoms with van der Waals surface area (Å²) in [5.74, 6) is 1.41. The Morgan fingerprint density at radius 2 is 1.80 bits per heavy atom. The Kier molecular flexibility index (Phi) is 6.50. The molecule has 1 aliphatic heterocycles. The number of morpholine rings is 1. The van der Waals surface area contributed by atoms with Crippen LogP contribution in [0.2, 0.25) is 0 Å². The van der Waals surface area contributed by atoms with Crippen molar-refractivity contribution in [2.75, 3.05) is 41.9 Å². The molecule has 2 N–H and O–H groups in total. The summed E-state index contributed by atoms with van der Waals surface area (Å²) in [6.45, 7) is 4.81. The molecule has 2 heterocycles. The predicted molar refractivity (Wildman–Crippen MR) is 123 cm³/mol. The van der Waals surface area contributed by atoms with E-state index in [9.17, 15) is 0 Å². The third-order valence-corrected chi connectivity index (χ3v) is 4.95. The van der Waals surface area contributed by atoms with Gasteiger partial charge in [0.25, 0.3) is 0 Å². The topological polar surface area (TPSA) is 87.6 Å². The number of rotatable bonds is 6. The maximum atomic E-state index is 5.44. The SMILES string of the molecule is Cc1ccc(Nc2nc(N/N=C/c3cccc(Br)c3)nc(N3CCOCC3)n2)cc1. The molecule has 1 aliphatic rings. The Labute approximate surface area is 183 Å². The quantitative estimate of drug-likeness (QED) is 0.418. The molecule has 1 fully saturated rings. The third kappa shape index (κ3) is 5.52. The lowest BCUT2D eigenvalue weighted by Gasteiger charge is -2.27. The summed E-state index contributed by atoms with van der Waals surface area (Å²) in [4.78, 5) is 15.7. The highest BCUT2D eigenvalue weighted by atomic mass is 79.9. The van der Waals surface area contributed by atoms with Gasteiger partial charge in [0.1, 0.15) is 0 Å². The number of benzene rings is 2. The van der Waals surface area contributed by atoms with E-state index in [1.807, 2.05) is 48.5 Å². The Bertz CT molecular complexity index is 1020. The van der Waals surface area contributed by atoms with E-state index in [4.69, 9.17) is 4.74 Å². The number of nitrogens with zero attached hydrogens (tertiary/aromatic N) is 5. The van der Waals surface area contributed by atoms with Crippen molar-refractivity contribution in [1.82, 2.24) is 15.0 Å². The van der Waals surface area contributed by atoms with E-state index in [0.717, 1.165) is 28.8 Å². The normalized spacial score (nSPS) is 14.1. The molecule has 30 heavy (non-hydrogen) atoms. The number of hydrogen-bond donors (Lipinski definition) is 2. The van der Waals surface area contributed by atoms with Gasteiger partial charge in [-0.3, -0.25) is 0 Å². The van der Waals surface area contributed by atoms with E-state index < -0.39 is 0 Å². The molecule has 0 spiro atoms. The van der Waals surface area contributed by atoms with Gasteiger partial charge in [-0.2, -0.15) is 20.1 Å². The van der Waals surface area contributed by atoms with Crippen LogP contribution in [0.3, 0.4) is 0 Å². The molecule has 1 aromatic heterocycles. The highest BCUT2D eigenvalue weighted by molar-refractivity contribution is 9.10. The standard InChI is InChI=1S/C21H22BrN7O/c1-15-5-7-18(8-6-15)24-19-25-20(27-21(26-19)29-9-11-30-12-10-29)28-23-14-16-3-2-4-17(22)13-16/h2-8,13-14H,9-12H2,1H3,(H2,24,25,26,27,28)/b23-14+. The Morgan fingerprint density at radius 3 is 2.57 bits per heavy atom. The van der Waals surface area contributed by atoms with Crippen molar-refractivity contribution < 1.29 is 4.74 Å². The molecule has 4 rings (SSSR count). The van der Waals surface area contributed by atoms with Crippen LogP contribution in [0.4, 0.5) is 23.5 Å². The Hall–Kier alpha value is -3.04. The summed E-state index contributed by atoms with van der Waals surface area (Å²) in [7, 11) is 0. The number of hydrogen-bond acceptors (Lipinski definition) is 8. The molecule has 0 amide bonds. The van der Waals surface area contributed by atoms with E-state index in [0.29, 0.717) is 31.1 Å². The zero-order valence-corrected chi connectivity index (χ0v) is 18.1. The summed E-state index contributed by atoms with van der Waals surface area (Å²) in [6, 6.07) is 15.9. The lowest BCUT2D eigenvalue weighted by atomic mass is 10.2. The molecule has 2 aromatic carbocycles. The first-order valence-electron chi connectivity index (χ1n) is 9.63. The van der Waals surface area contributed by atoms with Crippen molar-refractivity contribution in [3.05, 3.63) is 64.1 Å². The molecular weight excluding hydrogens is 446 g/mol. The van der Waals surface area contributed by atoms with Gasteiger partial charge in [-0.25, -0.2) is 5.43 Å². The van der Waals surface area contributed by atoms with Gasteiger partial charge < -0.3 is 15.0 Å². The molecule has 9 heteroatoms. The largest absolute Gasteiger partial charge is 0.378 e. The molecular formula is C21H22BrN7O. The maximum Gasteiger partial charge on any atom is 0.250 e. The Morgan fingerprint density at radius 1 is 1.03 bits per heavy atom. The second-order valence-electron chi connectivity index (χ2n) is 6.80. The fourth-order valence-corrected chi connectivity index (χ4v) is 3.31. The van der Waals surface area contributed by atoms with E-state index in [2.05, 4.69) is 58.5 Å². The van der Waals surface area contributed by atoms with Crippen LogP contribution in [0.15, 0.2) is 58.1 Å². The van der Waals surface area contributed by atoms with Crippen LogP contribution in [0.5, 0.6) is 0 Å². The summed E-state index contributed by atoms with van der Waals surface area (Å²) in [5, 5.41) is 7.53. The van der Waals surface area contributed by atoms with E-state index in [1.54, 1.807) is 6.21 Å². The minimum atomic E-state index is 0.368. The van der Waals surface area contributed by atoms with Crippen molar-refractivity contribution in [3.8, 4) is 0 Å². The molecule has 1 saturated heterocycles. The van der Waals surface area contributed by atoms with Crippen molar-refractivity contribution in [3.63, 3.8) is 0 Å². The average Bonchev–Trinajstić information content (AvgIpc) is 2.76. The molecule has 8 nitrogen and oxygen atoms in total. The molecule has 3 aromatic rings. The molecule has 0 bridgehead atoms. The molecule has 0 unspecified atom stereocenters. The fourth-order valence-electron chi connectivity index (χ4n) is 2.89. The van der Waals surface area contributed by atoms with Gasteiger partial charge in [0.15, 0.2) is 0 Å². The van der Waals surface area contributed by atoms with Gasteiger partial charge in [0.05, 0.1) is 19.4 Å². The summed E-state index contributed by atoms with van der Waals surface area (Å²) >= 11 is 3.46. The van der Waals surface area contributed by atoms with Crippen LogP contribution in [-0.2, 0) is 4.74 Å². The highest BCUT2D eigenvalue weighted by Crippen LogP contribution is 2.19. The van der Waals surface area contributed by atoms with Crippen molar-refractivity contribution in [1.29, 1.82) is 0 Å². The summed E-state index contributed by atoms with van der Waals surface area (Å²) in [5.41, 5.74) is 5.97. The van der Waals surface area contributed by atoms with E-state index in [-0.39, 0.29) is 0 Å². The monoisotopic (exact) mass is 467 g/mol. The number of nitrogens with one attached hydrogen (secondary N) is 2. The van der Waals surface area contributed by atoms with Crippen molar-refractivity contribution in [2.24, 2.45) is 5.10 Å². The second-order valence-corrected chi connectivity index (χ2v) is 7.71. The van der Waals surface area contributed by atoms with Crippen LogP contribution in [0, 0.1) is 6.92 Å². The number of halogens is 1. The summed E-state index contributed by atoms with van der Waals surface area (Å²) < 4.78 is 6.43. The smallest absolute Gasteiger partial charge is 0.250 e. The zero-order chi connectivity index (χ0) is 20.8. The lowest BCUT2D eigenvalue weighted by Crippen LogP contribution is -2.37. The first kappa shape index (κ1) is 20.2. The fraction of sp³-hybridized carbons (Fsp3) is 0.238. The molecule has 154 valence electrons. The molecule has 0 radical (unpaired) electrons. The van der Waals surface area contributed by atoms with E-state index in [1.165, 1.54) is 5.56 Å². The van der Waals surface area contributed by atoms with Gasteiger partial charge in [0, 0.05) is 23.2 Å². The van der Waals surface area contributed by atoms with Gasteiger partial charge in [-0.1, -0.05) is 45.8 Å². The maximum absolute atomic E-state index is 5.44. The van der Waals surface area contributed by atoms with Gasteiger partial charge in [-0.05, 0) is 36.8 Å². The minimum absolute atomic E-state index is 0.368. The van der Waals surface area contributed by atoms with E-state index >= 15 is 0 Å². The van der Waals surface area contributed by atoms with Crippen LogP contribution < -0.4 is 15.6 Å². The zero-order valence-electron chi connectivity index (χ0n) is 16.5. The average molecular weight is 468 g/mol. The van der Waals surface area contributed by atoms with Crippen molar-refractivity contribution in [2.45, 2.75) is 6.92 Å². The van der Waals surface area contributed by atoms with Gasteiger partial charge in [-0.15, -0.1) is 0 Å². The molecule has 0 aliphatic carbocycles. The first-order valence-corrected chi connectivity index (χ1v) is 10.4. The number of anilines is 4. The number of hydrazone groups is 1. The minimum Gasteiger partial charge on any atom is -0.378 e. The third-order valence-electron chi connectivity index (χ3n) is 4.45. The second kappa shape index (κ2) is 9.64. The number of aromatic nitrogens is 3. The molecule has 0 atom stereocenters. The lowest BCUT2D eigenvalue weighted by molar-refractivity contribution is 0.122. The Balaban J connectivity index is 1.56. The first-order chi connectivity index (χ1) is 14.7. The number of aryl methyl sites for hydroxylation is 1. The summed E-state index contributed by atoms with van der Waals surface area (Å²) in [6.07, 6.45) is 1.72. The molecule has 0 saturated carbocycles. The number of ether oxygens (including phenoxy) is 1. The highest BCUT2D eigenvalue weighted by Gasteiger charge is 2.16. The van der Waals surface area contributed by atoms with Gasteiger partial charge >= 0.3 is 0 Å². The van der Waals surface area contributed by atoms with Crippen LogP contribution in [0.1, 0.15) is 11.1 Å². The van der Waals surface area contributed by atoms with Crippen LogP contribution >= 0.6 is 15.9 Å². The predicted octanol–water partition coefficient (Wildman–Crippen LogP) is 3.97.